The lowest BCUT2D eigenvalue weighted by Crippen LogP contribution is -2.46. The van der Waals surface area contributed by atoms with Gasteiger partial charge in [0.25, 0.3) is 0 Å². The van der Waals surface area contributed by atoms with Gasteiger partial charge in [0, 0.05) is 6.42 Å². The maximum Gasteiger partial charge on any atom is 0.472 e. The van der Waals surface area contributed by atoms with E-state index in [1.165, 1.54) is 141 Å². The van der Waals surface area contributed by atoms with E-state index >= 15 is 0 Å². The van der Waals surface area contributed by atoms with E-state index in [4.69, 9.17) is 9.05 Å². The highest BCUT2D eigenvalue weighted by Gasteiger charge is 2.28. The summed E-state index contributed by atoms with van der Waals surface area (Å²) in [5, 5.41) is 13.9. The molecule has 3 N–H and O–H groups in total. The van der Waals surface area contributed by atoms with Crippen molar-refractivity contribution in [3.63, 3.8) is 0 Å². The van der Waals surface area contributed by atoms with Gasteiger partial charge in [-0.15, -0.1) is 0 Å². The predicted octanol–water partition coefficient (Wildman–Crippen LogP) is 12.0. The number of likely N-dealkylation sites (N-methyl/N-ethyl adjacent to an activating group) is 1. The van der Waals surface area contributed by atoms with E-state index in [1.54, 1.807) is 0 Å². The molecule has 3 atom stereocenters. The summed E-state index contributed by atoms with van der Waals surface area (Å²) in [6.45, 7) is 4.88. The van der Waals surface area contributed by atoms with Gasteiger partial charge in [-0.25, -0.2) is 4.57 Å². The molecule has 0 fully saturated rings. The van der Waals surface area contributed by atoms with Gasteiger partial charge in [-0.3, -0.25) is 13.8 Å². The summed E-state index contributed by atoms with van der Waals surface area (Å²) < 4.78 is 23.6. The second kappa shape index (κ2) is 35.9. The minimum atomic E-state index is -4.31. The fraction of sp³-hybridized carbons (Fsp3) is 0.930. The Balaban J connectivity index is 4.33. The minimum Gasteiger partial charge on any atom is -0.391 e. The zero-order valence-corrected chi connectivity index (χ0v) is 36.0. The third-order valence-electron chi connectivity index (χ3n) is 10.0. The highest BCUT2D eigenvalue weighted by Crippen LogP contribution is 2.43. The van der Waals surface area contributed by atoms with Crippen LogP contribution in [0.3, 0.4) is 0 Å². The van der Waals surface area contributed by atoms with Crippen LogP contribution in [0, 0.1) is 0 Å². The largest absolute Gasteiger partial charge is 0.472 e. The van der Waals surface area contributed by atoms with E-state index in [-0.39, 0.29) is 19.1 Å². The Morgan fingerprint density at radius 3 is 1.48 bits per heavy atom. The molecule has 310 valence electrons. The Kier molecular flexibility index (Phi) is 35.4. The smallest absolute Gasteiger partial charge is 0.391 e. The number of phosphoric ester groups is 1. The minimum absolute atomic E-state index is 0.0755. The van der Waals surface area contributed by atoms with Crippen LogP contribution >= 0.6 is 7.82 Å². The molecule has 1 amide bonds. The van der Waals surface area contributed by atoms with Crippen molar-refractivity contribution in [2.45, 2.75) is 219 Å². The van der Waals surface area contributed by atoms with E-state index in [2.05, 4.69) is 31.3 Å². The Morgan fingerprint density at radius 2 is 1.04 bits per heavy atom. The Bertz CT molecular complexity index is 865. The topological polar surface area (TPSA) is 105 Å². The van der Waals surface area contributed by atoms with Crippen molar-refractivity contribution in [2.75, 3.05) is 40.9 Å². The van der Waals surface area contributed by atoms with Crippen molar-refractivity contribution in [3.05, 3.63) is 12.2 Å². The number of nitrogens with zero attached hydrogens (tertiary/aromatic N) is 1. The summed E-state index contributed by atoms with van der Waals surface area (Å²) in [7, 11) is 1.62. The molecule has 9 heteroatoms. The summed E-state index contributed by atoms with van der Waals surface area (Å²) in [6.07, 6.45) is 39.4. The molecule has 0 spiro atoms. The molecule has 0 rings (SSSR count). The average Bonchev–Trinajstić information content (AvgIpc) is 3.09. The van der Waals surface area contributed by atoms with Crippen molar-refractivity contribution in [1.29, 1.82) is 0 Å². The molecule has 8 nitrogen and oxygen atoms in total. The summed E-state index contributed by atoms with van der Waals surface area (Å²) in [5.41, 5.74) is 0. The first kappa shape index (κ1) is 51.2. The standard InChI is InChI=1S/C43H87N2O6P/c1-6-8-10-12-14-16-18-20-21-22-23-24-25-27-29-31-33-35-37-43(47)44-41(40-51-52(48,49)50-39-38-45(3,4)5)42(46)36-34-32-30-28-26-19-17-15-13-11-9-7-2/h21-22,41-42,46H,6-20,23-40H2,1-5H3,(H-,44,47,48,49)/p+1/b22-21-. The summed E-state index contributed by atoms with van der Waals surface area (Å²) in [4.78, 5) is 23.1. The molecule has 0 radical (unpaired) electrons. The number of aliphatic hydroxyl groups excluding tert-OH is 1. The molecular weight excluding hydrogens is 671 g/mol. The van der Waals surface area contributed by atoms with Crippen LogP contribution in [0.1, 0.15) is 206 Å². The van der Waals surface area contributed by atoms with Crippen LogP contribution in [0.4, 0.5) is 0 Å². The molecule has 0 aromatic heterocycles. The number of allylic oxidation sites excluding steroid dienone is 2. The van der Waals surface area contributed by atoms with Gasteiger partial charge in [-0.2, -0.15) is 0 Å². The Morgan fingerprint density at radius 1 is 0.635 bits per heavy atom. The third-order valence-corrected chi connectivity index (χ3v) is 11.0. The molecule has 3 unspecified atom stereocenters. The Labute approximate surface area is 322 Å². The molecule has 0 bridgehead atoms. The number of nitrogens with one attached hydrogen (secondary N) is 1. The first-order chi connectivity index (χ1) is 25.0. The third kappa shape index (κ3) is 37.6. The number of carbonyl (C=O) groups is 1. The first-order valence-corrected chi connectivity index (χ1v) is 23.5. The van der Waals surface area contributed by atoms with Gasteiger partial charge in [0.1, 0.15) is 13.2 Å². The lowest BCUT2D eigenvalue weighted by molar-refractivity contribution is -0.870. The number of hydrogen-bond acceptors (Lipinski definition) is 5. The summed E-state index contributed by atoms with van der Waals surface area (Å²) >= 11 is 0. The van der Waals surface area contributed by atoms with Gasteiger partial charge in [0.15, 0.2) is 0 Å². The molecule has 0 aliphatic carbocycles. The lowest BCUT2D eigenvalue weighted by atomic mass is 10.0. The quantitative estimate of drug-likeness (QED) is 0.0249. The van der Waals surface area contributed by atoms with E-state index in [0.29, 0.717) is 23.9 Å². The fourth-order valence-electron chi connectivity index (χ4n) is 6.45. The molecule has 0 aliphatic rings. The number of rotatable bonds is 40. The lowest BCUT2D eigenvalue weighted by Gasteiger charge is -2.26. The van der Waals surface area contributed by atoms with Crippen molar-refractivity contribution in [2.24, 2.45) is 0 Å². The van der Waals surface area contributed by atoms with Crippen LogP contribution in [0.15, 0.2) is 12.2 Å². The molecule has 0 aromatic rings. The van der Waals surface area contributed by atoms with Crippen LogP contribution in [-0.4, -0.2) is 73.4 Å². The normalized spacial score (nSPS) is 14.5. The summed E-state index contributed by atoms with van der Waals surface area (Å²) in [6, 6.07) is -0.757. The second-order valence-corrected chi connectivity index (χ2v) is 17.9. The molecule has 0 aliphatic heterocycles. The molecule has 52 heavy (non-hydrogen) atoms. The average molecular weight is 760 g/mol. The molecule has 0 heterocycles. The molecule has 0 saturated heterocycles. The highest BCUT2D eigenvalue weighted by molar-refractivity contribution is 7.47. The van der Waals surface area contributed by atoms with Crippen LogP contribution in [-0.2, 0) is 18.4 Å². The molecule has 0 aromatic carbocycles. The zero-order valence-electron chi connectivity index (χ0n) is 35.1. The fourth-order valence-corrected chi connectivity index (χ4v) is 7.19. The number of quaternary nitrogens is 1. The SMILES string of the molecule is CCCCCCCCC/C=C\CCCCCCCCCC(=O)NC(COP(=O)(O)OCC[N+](C)(C)C)C(O)CCCCCCCCCCCCCC. The van der Waals surface area contributed by atoms with Crippen molar-refractivity contribution >= 4 is 13.7 Å². The second-order valence-electron chi connectivity index (χ2n) is 16.4. The van der Waals surface area contributed by atoms with Gasteiger partial charge in [0.2, 0.25) is 5.91 Å². The van der Waals surface area contributed by atoms with Crippen molar-refractivity contribution in [1.82, 2.24) is 5.32 Å². The maximum atomic E-state index is 12.9. The van der Waals surface area contributed by atoms with Gasteiger partial charge >= 0.3 is 7.82 Å². The van der Waals surface area contributed by atoms with Gasteiger partial charge in [0.05, 0.1) is 39.9 Å². The van der Waals surface area contributed by atoms with E-state index in [9.17, 15) is 19.4 Å². The van der Waals surface area contributed by atoms with E-state index in [0.717, 1.165) is 38.5 Å². The number of aliphatic hydroxyl groups is 1. The highest BCUT2D eigenvalue weighted by atomic mass is 31.2. The first-order valence-electron chi connectivity index (χ1n) is 22.1. The number of unbranched alkanes of at least 4 members (excludes halogenated alkanes) is 25. The molecular formula is C43H88N2O6P+. The number of amides is 1. The number of carbonyl (C=O) groups excluding carboxylic acids is 1. The van der Waals surface area contributed by atoms with E-state index in [1.807, 2.05) is 21.1 Å². The van der Waals surface area contributed by atoms with E-state index < -0.39 is 20.0 Å². The maximum absolute atomic E-state index is 12.9. The number of phosphoric acid groups is 1. The Hall–Kier alpha value is -0.760. The molecule has 0 saturated carbocycles. The van der Waals surface area contributed by atoms with Crippen LogP contribution in [0.25, 0.3) is 0 Å². The summed E-state index contributed by atoms with van der Waals surface area (Å²) in [5.74, 6) is -0.149. The van der Waals surface area contributed by atoms with Gasteiger partial charge in [-0.05, 0) is 38.5 Å². The van der Waals surface area contributed by atoms with Crippen LogP contribution in [0.2, 0.25) is 0 Å². The van der Waals surface area contributed by atoms with Crippen LogP contribution in [0.5, 0.6) is 0 Å². The predicted molar refractivity (Wildman–Crippen MR) is 222 cm³/mol. The van der Waals surface area contributed by atoms with Crippen molar-refractivity contribution < 1.29 is 32.9 Å². The number of hydrogen-bond donors (Lipinski definition) is 3. The van der Waals surface area contributed by atoms with Crippen molar-refractivity contribution in [3.8, 4) is 0 Å². The zero-order chi connectivity index (χ0) is 38.6. The van der Waals surface area contributed by atoms with Gasteiger partial charge in [-0.1, -0.05) is 174 Å². The monoisotopic (exact) mass is 760 g/mol. The van der Waals surface area contributed by atoms with Gasteiger partial charge < -0.3 is 19.8 Å². The van der Waals surface area contributed by atoms with Crippen LogP contribution < -0.4 is 5.32 Å².